The Bertz CT molecular complexity index is 634. The Hall–Kier alpha value is -1.58. The maximum Gasteiger partial charge on any atom is 0.271 e. The van der Waals surface area contributed by atoms with E-state index in [1.165, 1.54) is 4.52 Å². The molecule has 19 heavy (non-hydrogen) atoms. The molecule has 2 rings (SSSR count). The zero-order valence-corrected chi connectivity index (χ0v) is 12.4. The SMILES string of the molecule is CCC(C)(C)c1nc2cc(CC(C)C)cc(=O)n2[nH]1. The number of H-pyrrole nitrogens is 1. The van der Waals surface area contributed by atoms with Gasteiger partial charge in [-0.05, 0) is 30.4 Å². The Labute approximate surface area is 113 Å². The third-order valence-corrected chi connectivity index (χ3v) is 3.69. The van der Waals surface area contributed by atoms with Crippen LogP contribution < -0.4 is 5.56 Å². The van der Waals surface area contributed by atoms with Gasteiger partial charge in [0.1, 0.15) is 5.82 Å². The Morgan fingerprint density at radius 1 is 1.37 bits per heavy atom. The predicted octanol–water partition coefficient (Wildman–Crippen LogP) is 2.91. The molecule has 0 radical (unpaired) electrons. The first kappa shape index (κ1) is 13.8. The molecule has 0 bridgehead atoms. The summed E-state index contributed by atoms with van der Waals surface area (Å²) in [5, 5.41) is 3.13. The van der Waals surface area contributed by atoms with Crippen molar-refractivity contribution in [2.75, 3.05) is 0 Å². The van der Waals surface area contributed by atoms with E-state index in [0.717, 1.165) is 29.9 Å². The average molecular weight is 261 g/mol. The molecule has 0 amide bonds. The van der Waals surface area contributed by atoms with Crippen molar-refractivity contribution < 1.29 is 0 Å². The van der Waals surface area contributed by atoms with Crippen LogP contribution in [0, 0.1) is 5.92 Å². The highest BCUT2D eigenvalue weighted by Gasteiger charge is 2.22. The van der Waals surface area contributed by atoms with Crippen molar-refractivity contribution >= 4 is 5.65 Å². The summed E-state index contributed by atoms with van der Waals surface area (Å²) in [4.78, 5) is 16.7. The maximum absolute atomic E-state index is 12.1. The molecule has 0 saturated heterocycles. The van der Waals surface area contributed by atoms with Crippen LogP contribution in [0.5, 0.6) is 0 Å². The summed E-state index contributed by atoms with van der Waals surface area (Å²) in [5.41, 5.74) is 1.71. The summed E-state index contributed by atoms with van der Waals surface area (Å²) in [5.74, 6) is 1.40. The molecule has 4 nitrogen and oxygen atoms in total. The van der Waals surface area contributed by atoms with Gasteiger partial charge in [0.25, 0.3) is 5.56 Å². The predicted molar refractivity (Wildman–Crippen MR) is 77.7 cm³/mol. The van der Waals surface area contributed by atoms with Gasteiger partial charge < -0.3 is 0 Å². The van der Waals surface area contributed by atoms with Crippen molar-refractivity contribution in [2.24, 2.45) is 5.92 Å². The first-order chi connectivity index (χ1) is 8.83. The lowest BCUT2D eigenvalue weighted by atomic mass is 9.90. The van der Waals surface area contributed by atoms with Crippen molar-refractivity contribution in [3.05, 3.63) is 33.9 Å². The number of hydrogen-bond acceptors (Lipinski definition) is 2. The smallest absolute Gasteiger partial charge is 0.271 e. The molecular formula is C15H23N3O. The highest BCUT2D eigenvalue weighted by Crippen LogP contribution is 2.23. The van der Waals surface area contributed by atoms with Crippen LogP contribution in [0.3, 0.4) is 0 Å². The highest BCUT2D eigenvalue weighted by atomic mass is 16.1. The minimum Gasteiger partial charge on any atom is -0.276 e. The van der Waals surface area contributed by atoms with E-state index in [2.05, 4.69) is 44.7 Å². The molecule has 0 aliphatic carbocycles. The zero-order valence-electron chi connectivity index (χ0n) is 12.4. The van der Waals surface area contributed by atoms with Crippen LogP contribution in [0.4, 0.5) is 0 Å². The van der Waals surface area contributed by atoms with E-state index >= 15 is 0 Å². The highest BCUT2D eigenvalue weighted by molar-refractivity contribution is 5.41. The molecule has 0 unspecified atom stereocenters. The van der Waals surface area contributed by atoms with Gasteiger partial charge >= 0.3 is 0 Å². The maximum atomic E-state index is 12.1. The lowest BCUT2D eigenvalue weighted by molar-refractivity contribution is 0.472. The molecule has 0 atom stereocenters. The van der Waals surface area contributed by atoms with Crippen LogP contribution in [0.1, 0.15) is 52.4 Å². The Balaban J connectivity index is 2.54. The minimum atomic E-state index is -0.0450. The van der Waals surface area contributed by atoms with E-state index < -0.39 is 0 Å². The summed E-state index contributed by atoms with van der Waals surface area (Å²) in [7, 11) is 0. The first-order valence-corrected chi connectivity index (χ1v) is 6.95. The molecule has 0 aliphatic rings. The lowest BCUT2D eigenvalue weighted by Crippen LogP contribution is -2.19. The van der Waals surface area contributed by atoms with Gasteiger partial charge in [0.05, 0.1) is 0 Å². The van der Waals surface area contributed by atoms with E-state index in [-0.39, 0.29) is 11.0 Å². The van der Waals surface area contributed by atoms with Gasteiger partial charge in [0, 0.05) is 11.5 Å². The molecule has 1 N–H and O–H groups in total. The van der Waals surface area contributed by atoms with E-state index in [1.54, 1.807) is 6.07 Å². The van der Waals surface area contributed by atoms with Crippen LogP contribution in [0.2, 0.25) is 0 Å². The third kappa shape index (κ3) is 2.72. The first-order valence-electron chi connectivity index (χ1n) is 6.95. The summed E-state index contributed by atoms with van der Waals surface area (Å²) in [6.07, 6.45) is 1.88. The summed E-state index contributed by atoms with van der Waals surface area (Å²) in [6.45, 7) is 10.7. The standard InChI is InChI=1S/C15H23N3O/c1-6-15(4,5)14-16-12-8-11(7-10(2)3)9-13(19)18(12)17-14/h8-10H,6-7H2,1-5H3,(H,16,17). The van der Waals surface area contributed by atoms with Gasteiger partial charge in [-0.15, -0.1) is 0 Å². The number of aromatic nitrogens is 3. The Morgan fingerprint density at radius 2 is 2.05 bits per heavy atom. The van der Waals surface area contributed by atoms with Gasteiger partial charge in [0.15, 0.2) is 5.65 Å². The third-order valence-electron chi connectivity index (χ3n) is 3.69. The minimum absolute atomic E-state index is 0.0289. The van der Waals surface area contributed by atoms with Crippen LogP contribution in [0.15, 0.2) is 16.9 Å². The molecule has 4 heteroatoms. The second-order valence-corrected chi connectivity index (χ2v) is 6.30. The fraction of sp³-hybridized carbons (Fsp3) is 0.600. The molecule has 0 fully saturated rings. The number of rotatable bonds is 4. The Morgan fingerprint density at radius 3 is 2.63 bits per heavy atom. The fourth-order valence-electron chi connectivity index (χ4n) is 2.11. The summed E-state index contributed by atoms with van der Waals surface area (Å²) < 4.78 is 1.54. The quantitative estimate of drug-likeness (QED) is 0.920. The molecule has 2 aromatic heterocycles. The van der Waals surface area contributed by atoms with Gasteiger partial charge in [-0.1, -0.05) is 34.6 Å². The van der Waals surface area contributed by atoms with Crippen molar-refractivity contribution in [3.63, 3.8) is 0 Å². The number of pyridine rings is 1. The fourth-order valence-corrected chi connectivity index (χ4v) is 2.11. The van der Waals surface area contributed by atoms with Gasteiger partial charge in [-0.3, -0.25) is 9.89 Å². The molecule has 0 spiro atoms. The molecule has 0 saturated carbocycles. The topological polar surface area (TPSA) is 50.2 Å². The van der Waals surface area contributed by atoms with Crippen LogP contribution in [-0.4, -0.2) is 14.6 Å². The van der Waals surface area contributed by atoms with Crippen molar-refractivity contribution in [2.45, 2.75) is 52.9 Å². The summed E-state index contributed by atoms with van der Waals surface area (Å²) in [6, 6.07) is 3.71. The van der Waals surface area contributed by atoms with E-state index in [9.17, 15) is 4.79 Å². The largest absolute Gasteiger partial charge is 0.276 e. The second-order valence-electron chi connectivity index (χ2n) is 6.30. The number of hydrogen-bond donors (Lipinski definition) is 1. The number of nitrogens with zero attached hydrogens (tertiary/aromatic N) is 2. The number of fused-ring (bicyclic) bond motifs is 1. The summed E-state index contributed by atoms with van der Waals surface area (Å²) >= 11 is 0. The van der Waals surface area contributed by atoms with Crippen LogP contribution in [-0.2, 0) is 11.8 Å². The molecule has 104 valence electrons. The van der Waals surface area contributed by atoms with Gasteiger partial charge in [-0.25, -0.2) is 9.50 Å². The van der Waals surface area contributed by atoms with Crippen molar-refractivity contribution in [1.82, 2.24) is 14.6 Å². The zero-order chi connectivity index (χ0) is 14.2. The lowest BCUT2D eigenvalue weighted by Gasteiger charge is -2.18. The molecular weight excluding hydrogens is 238 g/mol. The van der Waals surface area contributed by atoms with Crippen LogP contribution in [0.25, 0.3) is 5.65 Å². The Kier molecular flexibility index (Phi) is 3.52. The average Bonchev–Trinajstić information content (AvgIpc) is 2.73. The second kappa shape index (κ2) is 4.83. The molecule has 2 aromatic rings. The normalized spacial score (nSPS) is 12.5. The van der Waals surface area contributed by atoms with E-state index in [4.69, 9.17) is 0 Å². The molecule has 0 aliphatic heterocycles. The van der Waals surface area contributed by atoms with Crippen LogP contribution >= 0.6 is 0 Å². The number of nitrogens with one attached hydrogen (secondary N) is 1. The van der Waals surface area contributed by atoms with Crippen molar-refractivity contribution in [3.8, 4) is 0 Å². The monoisotopic (exact) mass is 261 g/mol. The molecule has 0 aromatic carbocycles. The number of aromatic amines is 1. The van der Waals surface area contributed by atoms with E-state index in [0.29, 0.717) is 5.92 Å². The van der Waals surface area contributed by atoms with Gasteiger partial charge in [-0.2, -0.15) is 0 Å². The molecule has 2 heterocycles. The van der Waals surface area contributed by atoms with Gasteiger partial charge in [0.2, 0.25) is 0 Å². The van der Waals surface area contributed by atoms with E-state index in [1.807, 2.05) is 6.07 Å². The van der Waals surface area contributed by atoms with Crippen molar-refractivity contribution in [1.29, 1.82) is 0 Å².